The first-order chi connectivity index (χ1) is 10.8. The van der Waals surface area contributed by atoms with E-state index in [2.05, 4.69) is 12.2 Å². The molecule has 3 heteroatoms. The molecule has 114 valence electrons. The zero-order chi connectivity index (χ0) is 15.6. The molecule has 4 rings (SSSR count). The maximum atomic E-state index is 10.0. The highest BCUT2D eigenvalue weighted by Gasteiger charge is 2.25. The Kier molecular flexibility index (Phi) is 6.39. The van der Waals surface area contributed by atoms with Gasteiger partial charge in [-0.15, -0.1) is 0 Å². The van der Waals surface area contributed by atoms with Crippen molar-refractivity contribution in [3.8, 4) is 0 Å². The van der Waals surface area contributed by atoms with Gasteiger partial charge in [0.2, 0.25) is 0 Å². The van der Waals surface area contributed by atoms with Gasteiger partial charge in [-0.2, -0.15) is 0 Å². The zero-order valence-corrected chi connectivity index (χ0v) is 12.5. The minimum absolute atomic E-state index is 0.491. The molecular weight excluding hydrogens is 274 g/mol. The lowest BCUT2D eigenvalue weighted by Gasteiger charge is -1.93. The van der Waals surface area contributed by atoms with Gasteiger partial charge >= 0.3 is 0 Å². The lowest BCUT2D eigenvalue weighted by Crippen LogP contribution is -1.95. The minimum atomic E-state index is 0.491. The highest BCUT2D eigenvalue weighted by atomic mass is 16.5. The Bertz CT molecular complexity index is 569. The highest BCUT2D eigenvalue weighted by molar-refractivity contribution is 5.74. The molecule has 2 aromatic carbocycles. The largest absolute Gasteiger partial charge is 0.399 e. The number of benzene rings is 2. The van der Waals surface area contributed by atoms with Crippen molar-refractivity contribution in [1.29, 1.82) is 0 Å². The standard InChI is InChI=1S/C7H6O.C6H7N.C6H8O/c8-6-7-4-2-1-3-5-7;7-6-4-2-1-3-5-6;1-2-6-4-3-5(1)7-6/h1-6H;1-5H,7H2;1-2,5-6H,3-4H2. The number of carbonyl (C=O) groups is 1. The maximum absolute atomic E-state index is 10.0. The van der Waals surface area contributed by atoms with Crippen molar-refractivity contribution in [3.05, 3.63) is 78.4 Å². The lowest BCUT2D eigenvalue weighted by atomic mass is 10.1. The van der Waals surface area contributed by atoms with Crippen molar-refractivity contribution >= 4 is 12.0 Å². The summed E-state index contributed by atoms with van der Waals surface area (Å²) in [5.41, 5.74) is 6.91. The predicted octanol–water partition coefficient (Wildman–Crippen LogP) is 3.87. The average Bonchev–Trinajstić information content (AvgIpc) is 3.23. The van der Waals surface area contributed by atoms with Crippen molar-refractivity contribution in [2.24, 2.45) is 0 Å². The molecule has 1 fully saturated rings. The van der Waals surface area contributed by atoms with Gasteiger partial charge in [0.25, 0.3) is 0 Å². The molecule has 2 atom stereocenters. The van der Waals surface area contributed by atoms with Gasteiger partial charge in [0.05, 0.1) is 12.2 Å². The van der Waals surface area contributed by atoms with Crippen molar-refractivity contribution in [2.45, 2.75) is 25.0 Å². The molecule has 2 aliphatic rings. The normalized spacial score (nSPS) is 20.4. The summed E-state index contributed by atoms with van der Waals surface area (Å²) in [5, 5.41) is 0. The second-order valence-corrected chi connectivity index (χ2v) is 5.11. The molecule has 0 amide bonds. The summed E-state index contributed by atoms with van der Waals surface area (Å²) >= 11 is 0. The molecule has 22 heavy (non-hydrogen) atoms. The number of rotatable bonds is 1. The third-order valence-electron chi connectivity index (χ3n) is 3.36. The van der Waals surface area contributed by atoms with E-state index in [0.29, 0.717) is 12.2 Å². The second-order valence-electron chi connectivity index (χ2n) is 5.11. The van der Waals surface area contributed by atoms with Gasteiger partial charge in [-0.05, 0) is 25.0 Å². The molecule has 2 aromatic rings. The number of nitrogen functional groups attached to an aromatic ring is 1. The maximum Gasteiger partial charge on any atom is 0.150 e. The zero-order valence-electron chi connectivity index (χ0n) is 12.5. The lowest BCUT2D eigenvalue weighted by molar-refractivity contribution is 0.112. The van der Waals surface area contributed by atoms with Gasteiger partial charge in [-0.1, -0.05) is 60.7 Å². The Hall–Kier alpha value is -2.39. The molecule has 0 aromatic heterocycles. The summed E-state index contributed by atoms with van der Waals surface area (Å²) in [6, 6.07) is 18.6. The van der Waals surface area contributed by atoms with Crippen LogP contribution in [0.3, 0.4) is 0 Å². The Morgan fingerprint density at radius 1 is 0.864 bits per heavy atom. The Morgan fingerprint density at radius 2 is 1.36 bits per heavy atom. The van der Waals surface area contributed by atoms with E-state index in [1.807, 2.05) is 48.5 Å². The van der Waals surface area contributed by atoms with E-state index in [4.69, 9.17) is 10.5 Å². The number of anilines is 1. The topological polar surface area (TPSA) is 52.3 Å². The second kappa shape index (κ2) is 8.80. The van der Waals surface area contributed by atoms with Gasteiger partial charge < -0.3 is 10.5 Å². The first-order valence-corrected chi connectivity index (χ1v) is 7.42. The van der Waals surface area contributed by atoms with Crippen molar-refractivity contribution in [2.75, 3.05) is 5.73 Å². The number of nitrogens with two attached hydrogens (primary N) is 1. The molecule has 2 heterocycles. The van der Waals surface area contributed by atoms with E-state index in [1.165, 1.54) is 12.8 Å². The van der Waals surface area contributed by atoms with E-state index in [9.17, 15) is 4.79 Å². The molecule has 2 aliphatic heterocycles. The Morgan fingerprint density at radius 3 is 1.59 bits per heavy atom. The fraction of sp³-hybridized carbons (Fsp3) is 0.211. The Balaban J connectivity index is 0.000000120. The number of fused-ring (bicyclic) bond motifs is 2. The summed E-state index contributed by atoms with van der Waals surface area (Å²) in [6.45, 7) is 0. The SMILES string of the molecule is C1=CC2CCC1O2.Nc1ccccc1.O=Cc1ccccc1. The van der Waals surface area contributed by atoms with Crippen LogP contribution in [0.2, 0.25) is 0 Å². The third kappa shape index (κ3) is 5.54. The van der Waals surface area contributed by atoms with E-state index >= 15 is 0 Å². The van der Waals surface area contributed by atoms with E-state index in [-0.39, 0.29) is 0 Å². The van der Waals surface area contributed by atoms with Crippen LogP contribution in [0.25, 0.3) is 0 Å². The molecule has 2 unspecified atom stereocenters. The number of ether oxygens (including phenoxy) is 1. The number of para-hydroxylation sites is 1. The molecule has 3 nitrogen and oxygen atoms in total. The average molecular weight is 295 g/mol. The Labute approximate surface area is 131 Å². The van der Waals surface area contributed by atoms with Crippen LogP contribution in [0.15, 0.2) is 72.8 Å². The minimum Gasteiger partial charge on any atom is -0.399 e. The quantitative estimate of drug-likeness (QED) is 0.493. The van der Waals surface area contributed by atoms with Crippen LogP contribution in [-0.2, 0) is 4.74 Å². The van der Waals surface area contributed by atoms with Gasteiger partial charge in [0.15, 0.2) is 0 Å². The monoisotopic (exact) mass is 295 g/mol. The first-order valence-electron chi connectivity index (χ1n) is 7.42. The number of carbonyl (C=O) groups excluding carboxylic acids is 1. The van der Waals surface area contributed by atoms with Crippen LogP contribution >= 0.6 is 0 Å². The molecule has 2 bridgehead atoms. The van der Waals surface area contributed by atoms with Crippen LogP contribution in [0.1, 0.15) is 23.2 Å². The van der Waals surface area contributed by atoms with Crippen LogP contribution < -0.4 is 5.73 Å². The van der Waals surface area contributed by atoms with Gasteiger partial charge in [0.1, 0.15) is 6.29 Å². The van der Waals surface area contributed by atoms with Crippen LogP contribution in [-0.4, -0.2) is 18.5 Å². The summed E-state index contributed by atoms with van der Waals surface area (Å²) in [4.78, 5) is 10.0. The molecule has 1 saturated heterocycles. The molecule has 0 spiro atoms. The fourth-order valence-electron chi connectivity index (χ4n) is 2.20. The van der Waals surface area contributed by atoms with Gasteiger partial charge in [0, 0.05) is 11.3 Å². The number of hydrogen-bond donors (Lipinski definition) is 1. The third-order valence-corrected chi connectivity index (χ3v) is 3.36. The fourth-order valence-corrected chi connectivity index (χ4v) is 2.20. The highest BCUT2D eigenvalue weighted by Crippen LogP contribution is 2.27. The van der Waals surface area contributed by atoms with Gasteiger partial charge in [-0.25, -0.2) is 0 Å². The summed E-state index contributed by atoms with van der Waals surface area (Å²) in [7, 11) is 0. The van der Waals surface area contributed by atoms with Crippen molar-refractivity contribution < 1.29 is 9.53 Å². The number of hydrogen-bond acceptors (Lipinski definition) is 3. The molecule has 0 aliphatic carbocycles. The van der Waals surface area contributed by atoms with Crippen LogP contribution in [0.5, 0.6) is 0 Å². The summed E-state index contributed by atoms with van der Waals surface area (Å²) < 4.78 is 5.36. The molecule has 2 N–H and O–H groups in total. The summed E-state index contributed by atoms with van der Waals surface area (Å²) in [5.74, 6) is 0. The predicted molar refractivity (Wildman–Crippen MR) is 89.7 cm³/mol. The molecular formula is C19H21NO2. The smallest absolute Gasteiger partial charge is 0.150 e. The van der Waals surface area contributed by atoms with E-state index < -0.39 is 0 Å². The van der Waals surface area contributed by atoms with Gasteiger partial charge in [-0.3, -0.25) is 4.79 Å². The number of aldehydes is 1. The van der Waals surface area contributed by atoms with E-state index in [1.54, 1.807) is 12.1 Å². The molecule has 0 saturated carbocycles. The van der Waals surface area contributed by atoms with Crippen LogP contribution in [0.4, 0.5) is 5.69 Å². The van der Waals surface area contributed by atoms with E-state index in [0.717, 1.165) is 17.5 Å². The van der Waals surface area contributed by atoms with Crippen molar-refractivity contribution in [1.82, 2.24) is 0 Å². The first kappa shape index (κ1) is 16.0. The van der Waals surface area contributed by atoms with Crippen LogP contribution in [0, 0.1) is 0 Å². The molecule has 0 radical (unpaired) electrons. The summed E-state index contributed by atoms with van der Waals surface area (Å²) in [6.07, 6.45) is 8.64. The van der Waals surface area contributed by atoms with Crippen molar-refractivity contribution in [3.63, 3.8) is 0 Å².